The minimum absolute atomic E-state index is 0.118. The van der Waals surface area contributed by atoms with Gasteiger partial charge in [-0.1, -0.05) is 24.3 Å². The minimum Gasteiger partial charge on any atom is -0.504 e. The summed E-state index contributed by atoms with van der Waals surface area (Å²) in [5, 5.41) is 24.5. The van der Waals surface area contributed by atoms with Gasteiger partial charge in [0.15, 0.2) is 17.6 Å². The Morgan fingerprint density at radius 3 is 2.88 bits per heavy atom. The third-order valence-corrected chi connectivity index (χ3v) is 8.98. The largest absolute Gasteiger partial charge is 0.504 e. The number of amides is 1. The van der Waals surface area contributed by atoms with E-state index in [1.807, 2.05) is 23.1 Å². The van der Waals surface area contributed by atoms with Crippen LogP contribution in [-0.2, 0) is 23.1 Å². The Balaban J connectivity index is 1.43. The zero-order chi connectivity index (χ0) is 21.4. The van der Waals surface area contributed by atoms with Crippen LogP contribution in [0.25, 0.3) is 10.9 Å². The van der Waals surface area contributed by atoms with Gasteiger partial charge in [-0.2, -0.15) is 0 Å². The van der Waals surface area contributed by atoms with Crippen molar-refractivity contribution in [2.24, 2.45) is 5.92 Å². The van der Waals surface area contributed by atoms with Gasteiger partial charge >= 0.3 is 0 Å². The number of carbonyl (C=O) groups is 1. The molecule has 2 aromatic carbocycles. The van der Waals surface area contributed by atoms with Crippen molar-refractivity contribution in [1.82, 2.24) is 9.88 Å². The zero-order valence-electron chi connectivity index (χ0n) is 17.6. The fraction of sp³-hybridized carbons (Fsp3) is 0.423. The van der Waals surface area contributed by atoms with E-state index in [0.29, 0.717) is 31.6 Å². The van der Waals surface area contributed by atoms with E-state index in [1.165, 1.54) is 0 Å². The van der Waals surface area contributed by atoms with Crippen LogP contribution in [-0.4, -0.2) is 44.2 Å². The van der Waals surface area contributed by atoms with E-state index in [2.05, 4.69) is 17.1 Å². The number of phenolic OH excluding ortho intramolecular Hbond substituents is 1. The fourth-order valence-corrected chi connectivity index (χ4v) is 7.47. The molecule has 6 nitrogen and oxygen atoms in total. The third-order valence-electron chi connectivity index (χ3n) is 8.98. The summed E-state index contributed by atoms with van der Waals surface area (Å²) < 4.78 is 6.54. The first-order chi connectivity index (χ1) is 15.5. The fourth-order valence-electron chi connectivity index (χ4n) is 7.47. The molecule has 162 valence electrons. The smallest absolute Gasteiger partial charge is 0.226 e. The molecule has 1 saturated carbocycles. The van der Waals surface area contributed by atoms with E-state index < -0.39 is 17.1 Å². The van der Waals surface area contributed by atoms with Crippen molar-refractivity contribution in [2.45, 2.75) is 55.3 Å². The number of hydrogen-bond donors (Lipinski definition) is 3. The van der Waals surface area contributed by atoms with Crippen LogP contribution in [0.5, 0.6) is 11.5 Å². The van der Waals surface area contributed by atoms with Crippen LogP contribution >= 0.6 is 0 Å². The van der Waals surface area contributed by atoms with E-state index in [0.717, 1.165) is 46.1 Å². The predicted octanol–water partition coefficient (Wildman–Crippen LogP) is 3.10. The molecule has 1 spiro atoms. The van der Waals surface area contributed by atoms with Crippen molar-refractivity contribution in [2.75, 3.05) is 6.54 Å². The number of fused-ring (bicyclic) bond motifs is 4. The van der Waals surface area contributed by atoms with E-state index in [-0.39, 0.29) is 23.6 Å². The molecule has 4 atom stereocenters. The molecule has 3 N–H and O–H groups in total. The number of rotatable bonds is 1. The monoisotopic (exact) mass is 428 g/mol. The molecular weight excluding hydrogens is 404 g/mol. The van der Waals surface area contributed by atoms with Gasteiger partial charge in [-0.25, -0.2) is 0 Å². The van der Waals surface area contributed by atoms with Crippen molar-refractivity contribution in [3.05, 3.63) is 58.8 Å². The van der Waals surface area contributed by atoms with E-state index in [1.54, 1.807) is 6.07 Å². The second-order valence-electron chi connectivity index (χ2n) is 10.4. The first-order valence-electron chi connectivity index (χ1n) is 11.7. The van der Waals surface area contributed by atoms with Gasteiger partial charge in [0.1, 0.15) is 5.60 Å². The number of aromatic hydroxyl groups is 1. The number of ether oxygens (including phenoxy) is 1. The Kier molecular flexibility index (Phi) is 2.91. The second-order valence-corrected chi connectivity index (χ2v) is 10.4. The molecule has 3 aliphatic carbocycles. The lowest BCUT2D eigenvalue weighted by atomic mass is 9.49. The van der Waals surface area contributed by atoms with Gasteiger partial charge in [0.2, 0.25) is 5.91 Å². The molecule has 32 heavy (non-hydrogen) atoms. The maximum atomic E-state index is 13.3. The number of phenols is 1. The average molecular weight is 428 g/mol. The van der Waals surface area contributed by atoms with Crippen LogP contribution in [0, 0.1) is 5.92 Å². The van der Waals surface area contributed by atoms with E-state index in [9.17, 15) is 15.0 Å². The van der Waals surface area contributed by atoms with Crippen molar-refractivity contribution in [1.29, 1.82) is 0 Å². The molecule has 5 aliphatic rings. The number of aromatic nitrogens is 1. The quantitative estimate of drug-likeness (QED) is 0.556. The summed E-state index contributed by atoms with van der Waals surface area (Å²) in [6, 6.07) is 11.5. The molecule has 2 aliphatic heterocycles. The molecule has 2 bridgehead atoms. The van der Waals surface area contributed by atoms with Crippen molar-refractivity contribution < 1.29 is 19.7 Å². The molecule has 2 fully saturated rings. The SMILES string of the molecule is O=C(C1CC1)N1CC[C@]23c4c5ccc(O)c4O[C@H]2c2[nH]c4ccccc4c2C[C@@]3(O)[C@H]1C5. The maximum absolute atomic E-state index is 13.3. The van der Waals surface area contributed by atoms with Crippen LogP contribution in [0.2, 0.25) is 0 Å². The zero-order valence-corrected chi connectivity index (χ0v) is 17.6. The first kappa shape index (κ1) is 17.6. The Morgan fingerprint density at radius 1 is 1.19 bits per heavy atom. The van der Waals surface area contributed by atoms with Crippen molar-refractivity contribution >= 4 is 16.8 Å². The summed E-state index contributed by atoms with van der Waals surface area (Å²) in [4.78, 5) is 18.8. The van der Waals surface area contributed by atoms with Crippen LogP contribution < -0.4 is 4.74 Å². The number of nitrogens with one attached hydrogen (secondary N) is 1. The van der Waals surface area contributed by atoms with Crippen LogP contribution in [0.1, 0.15) is 47.8 Å². The number of nitrogens with zero attached hydrogens (tertiary/aromatic N) is 1. The predicted molar refractivity (Wildman–Crippen MR) is 117 cm³/mol. The molecular formula is C26H24N2O4. The molecule has 1 aromatic heterocycles. The first-order valence-corrected chi connectivity index (χ1v) is 11.7. The van der Waals surface area contributed by atoms with E-state index >= 15 is 0 Å². The van der Waals surface area contributed by atoms with Gasteiger partial charge in [0.05, 0.1) is 17.2 Å². The van der Waals surface area contributed by atoms with Gasteiger partial charge in [0, 0.05) is 35.3 Å². The van der Waals surface area contributed by atoms with Gasteiger partial charge in [0.25, 0.3) is 0 Å². The van der Waals surface area contributed by atoms with Gasteiger partial charge in [-0.15, -0.1) is 0 Å². The number of para-hydroxylation sites is 1. The normalized spacial score (nSPS) is 33.6. The number of aromatic amines is 1. The van der Waals surface area contributed by atoms with Gasteiger partial charge < -0.3 is 24.8 Å². The molecule has 8 rings (SSSR count). The van der Waals surface area contributed by atoms with Crippen LogP contribution in [0.3, 0.4) is 0 Å². The highest BCUT2D eigenvalue weighted by Gasteiger charge is 2.73. The number of carbonyl (C=O) groups excluding carboxylic acids is 1. The Bertz CT molecular complexity index is 1360. The highest BCUT2D eigenvalue weighted by Crippen LogP contribution is 2.69. The lowest BCUT2D eigenvalue weighted by molar-refractivity contribution is -0.183. The summed E-state index contributed by atoms with van der Waals surface area (Å²) >= 11 is 0. The average Bonchev–Trinajstić information content (AvgIpc) is 3.48. The molecule has 1 saturated heterocycles. The summed E-state index contributed by atoms with van der Waals surface area (Å²) in [5.41, 5.74) is 3.33. The maximum Gasteiger partial charge on any atom is 0.226 e. The Hall–Kier alpha value is -2.99. The molecule has 3 heterocycles. The number of likely N-dealkylation sites (tertiary alicyclic amines) is 1. The standard InChI is InChI=1S/C26H24N2O4/c29-18-8-7-14-11-19-26(31)12-16-15-3-1-2-4-17(15)27-21(16)23-25(26,20(14)22(18)32-23)9-10-28(19)24(30)13-5-6-13/h1-4,7-8,13,19,23,27,29,31H,5-6,9-12H2/t19-,23+,25+,26-/m1/s1. The topological polar surface area (TPSA) is 85.8 Å². The number of H-pyrrole nitrogens is 1. The van der Waals surface area contributed by atoms with Gasteiger partial charge in [-0.05, 0) is 48.9 Å². The highest BCUT2D eigenvalue weighted by atomic mass is 16.5. The van der Waals surface area contributed by atoms with Crippen molar-refractivity contribution in [3.63, 3.8) is 0 Å². The molecule has 0 unspecified atom stereocenters. The Morgan fingerprint density at radius 2 is 2.03 bits per heavy atom. The minimum atomic E-state index is -1.15. The summed E-state index contributed by atoms with van der Waals surface area (Å²) in [6.45, 7) is 0.617. The molecule has 3 aromatic rings. The Labute approximate surface area is 184 Å². The van der Waals surface area contributed by atoms with Crippen LogP contribution in [0.15, 0.2) is 36.4 Å². The lowest BCUT2D eigenvalue weighted by Crippen LogP contribution is -2.75. The summed E-state index contributed by atoms with van der Waals surface area (Å²) in [5.74, 6) is 0.952. The summed E-state index contributed by atoms with van der Waals surface area (Å²) in [6.07, 6.45) is 3.19. The lowest BCUT2D eigenvalue weighted by Gasteiger charge is -2.62. The van der Waals surface area contributed by atoms with Crippen molar-refractivity contribution in [3.8, 4) is 11.5 Å². The number of hydrogen-bond acceptors (Lipinski definition) is 4. The molecule has 0 radical (unpaired) electrons. The summed E-state index contributed by atoms with van der Waals surface area (Å²) in [7, 11) is 0. The molecule has 1 amide bonds. The number of piperidine rings is 1. The number of benzene rings is 2. The second kappa shape index (κ2) is 5.31. The van der Waals surface area contributed by atoms with Gasteiger partial charge in [-0.3, -0.25) is 4.79 Å². The van der Waals surface area contributed by atoms with Crippen LogP contribution in [0.4, 0.5) is 0 Å². The van der Waals surface area contributed by atoms with E-state index in [4.69, 9.17) is 4.74 Å². The third kappa shape index (κ3) is 1.76. The number of aliphatic hydroxyl groups is 1. The molecule has 6 heteroatoms. The highest BCUT2D eigenvalue weighted by molar-refractivity contribution is 5.87.